The van der Waals surface area contributed by atoms with Gasteiger partial charge in [0.25, 0.3) is 5.91 Å². The second-order valence-corrected chi connectivity index (χ2v) is 10.5. The molecule has 0 aliphatic rings. The van der Waals surface area contributed by atoms with Crippen LogP contribution in [0.25, 0.3) is 16.5 Å². The Hall–Kier alpha value is -4.16. The van der Waals surface area contributed by atoms with E-state index < -0.39 is 0 Å². The summed E-state index contributed by atoms with van der Waals surface area (Å²) in [6.45, 7) is 17.5. The van der Waals surface area contributed by atoms with E-state index in [1.54, 1.807) is 0 Å². The second kappa shape index (κ2) is 19.2. The van der Waals surface area contributed by atoms with Crippen LogP contribution in [0, 0.1) is 0 Å². The third-order valence-corrected chi connectivity index (χ3v) is 7.36. The number of rotatable bonds is 11. The standard InChI is InChI=1S/C34H35BrN2O3.C2H6.C2H4/c1-4-7-20-40-34(39)31(6-3)30(5-2)26-12-8-25(9-13-26)23-37-19-18-27-21-28(14-17-32(27)37)33(38)36-22-24-10-15-29(35)16-11-24;2*1-2/h5-6,8-19,21H,4,7,20,22-23H2,1-3H3,(H,36,38);1-2H3;1-2H2/b30-5-,31-6+;;. The van der Waals surface area contributed by atoms with Gasteiger partial charge in [-0.05, 0) is 78.9 Å². The molecule has 232 valence electrons. The zero-order chi connectivity index (χ0) is 32.5. The van der Waals surface area contributed by atoms with Crippen molar-refractivity contribution in [2.45, 2.75) is 60.5 Å². The highest BCUT2D eigenvalue weighted by Crippen LogP contribution is 2.26. The fourth-order valence-corrected chi connectivity index (χ4v) is 4.86. The van der Waals surface area contributed by atoms with Crippen molar-refractivity contribution in [1.82, 2.24) is 9.88 Å². The first kappa shape index (κ1) is 36.0. The molecule has 0 aliphatic carbocycles. The molecule has 4 rings (SSSR count). The smallest absolute Gasteiger partial charge is 0.338 e. The van der Waals surface area contributed by atoms with Crippen LogP contribution in [0.2, 0.25) is 0 Å². The molecule has 5 nitrogen and oxygen atoms in total. The average molecular weight is 658 g/mol. The van der Waals surface area contributed by atoms with Gasteiger partial charge >= 0.3 is 5.97 Å². The molecule has 1 heterocycles. The molecule has 0 saturated heterocycles. The number of nitrogens with one attached hydrogen (secondary N) is 1. The molecular weight excluding hydrogens is 612 g/mol. The molecule has 0 spiro atoms. The Labute approximate surface area is 271 Å². The van der Waals surface area contributed by atoms with Crippen LogP contribution in [0.15, 0.2) is 114 Å². The number of allylic oxidation sites excluding steroid dienone is 2. The Kier molecular flexibility index (Phi) is 15.7. The summed E-state index contributed by atoms with van der Waals surface area (Å²) in [7, 11) is 0. The van der Waals surface area contributed by atoms with Gasteiger partial charge in [0.1, 0.15) is 0 Å². The fraction of sp³-hybridized carbons (Fsp3) is 0.263. The number of hydrogen-bond donors (Lipinski definition) is 1. The highest BCUT2D eigenvalue weighted by molar-refractivity contribution is 9.10. The monoisotopic (exact) mass is 656 g/mol. The predicted octanol–water partition coefficient (Wildman–Crippen LogP) is 9.90. The highest BCUT2D eigenvalue weighted by atomic mass is 79.9. The van der Waals surface area contributed by atoms with E-state index in [2.05, 4.69) is 58.0 Å². The lowest BCUT2D eigenvalue weighted by Gasteiger charge is -2.13. The Balaban J connectivity index is 0.00000162. The van der Waals surface area contributed by atoms with Crippen LogP contribution >= 0.6 is 15.9 Å². The van der Waals surface area contributed by atoms with Crippen molar-refractivity contribution >= 4 is 44.3 Å². The van der Waals surface area contributed by atoms with E-state index in [0.29, 0.717) is 30.8 Å². The van der Waals surface area contributed by atoms with E-state index in [4.69, 9.17) is 4.74 Å². The average Bonchev–Trinajstić information content (AvgIpc) is 3.47. The topological polar surface area (TPSA) is 60.3 Å². The van der Waals surface area contributed by atoms with Crippen molar-refractivity contribution in [1.29, 1.82) is 0 Å². The van der Waals surface area contributed by atoms with E-state index in [-0.39, 0.29) is 11.9 Å². The quantitative estimate of drug-likeness (QED) is 0.0574. The zero-order valence-corrected chi connectivity index (χ0v) is 28.2. The number of ether oxygens (including phenoxy) is 1. The van der Waals surface area contributed by atoms with Crippen LogP contribution in [0.1, 0.15) is 74.5 Å². The van der Waals surface area contributed by atoms with Gasteiger partial charge in [0.05, 0.1) is 12.2 Å². The molecule has 1 amide bonds. The molecule has 1 aromatic heterocycles. The minimum Gasteiger partial charge on any atom is -0.462 e. The summed E-state index contributed by atoms with van der Waals surface area (Å²) >= 11 is 3.43. The number of aromatic nitrogens is 1. The molecular formula is C38H45BrN2O3. The maximum absolute atomic E-state index is 12.8. The SMILES string of the molecule is C/C=C(\C(=C/C)C(=O)OCCCC)c1ccc(Cn2ccc3cc(C(=O)NCc4ccc(Br)cc4)ccc32)cc1.C=C.CC. The molecule has 0 unspecified atom stereocenters. The number of benzene rings is 3. The molecule has 0 radical (unpaired) electrons. The van der Waals surface area contributed by atoms with Crippen LogP contribution < -0.4 is 5.32 Å². The Morgan fingerprint density at radius 3 is 2.14 bits per heavy atom. The van der Waals surface area contributed by atoms with Gasteiger partial charge in [-0.25, -0.2) is 4.79 Å². The molecule has 6 heteroatoms. The van der Waals surface area contributed by atoms with Crippen molar-refractivity contribution in [3.63, 3.8) is 0 Å². The first-order valence-electron chi connectivity index (χ1n) is 15.1. The lowest BCUT2D eigenvalue weighted by molar-refractivity contribution is -0.138. The van der Waals surface area contributed by atoms with E-state index in [1.807, 2.05) is 107 Å². The summed E-state index contributed by atoms with van der Waals surface area (Å²) in [6, 6.07) is 24.0. The zero-order valence-electron chi connectivity index (χ0n) is 26.7. The molecule has 3 aromatic carbocycles. The maximum Gasteiger partial charge on any atom is 0.338 e. The minimum absolute atomic E-state index is 0.0947. The first-order chi connectivity index (χ1) is 21.4. The van der Waals surface area contributed by atoms with E-state index >= 15 is 0 Å². The summed E-state index contributed by atoms with van der Waals surface area (Å²) < 4.78 is 8.64. The van der Waals surface area contributed by atoms with Crippen LogP contribution in [0.4, 0.5) is 0 Å². The maximum atomic E-state index is 12.8. The molecule has 0 fully saturated rings. The van der Waals surface area contributed by atoms with Crippen molar-refractivity contribution in [3.05, 3.63) is 137 Å². The Bertz CT molecular complexity index is 1550. The van der Waals surface area contributed by atoms with Gasteiger partial charge in [0.15, 0.2) is 0 Å². The largest absolute Gasteiger partial charge is 0.462 e. The fourth-order valence-electron chi connectivity index (χ4n) is 4.60. The molecule has 4 aromatic rings. The summed E-state index contributed by atoms with van der Waals surface area (Å²) in [5.74, 6) is -0.379. The van der Waals surface area contributed by atoms with Gasteiger partial charge in [-0.2, -0.15) is 0 Å². The lowest BCUT2D eigenvalue weighted by Crippen LogP contribution is -2.22. The van der Waals surface area contributed by atoms with Gasteiger partial charge in [0.2, 0.25) is 0 Å². The van der Waals surface area contributed by atoms with Gasteiger partial charge in [-0.1, -0.05) is 91.7 Å². The number of carbonyl (C=O) groups excluding carboxylic acids is 2. The van der Waals surface area contributed by atoms with Gasteiger partial charge in [-0.3, -0.25) is 4.79 Å². The molecule has 44 heavy (non-hydrogen) atoms. The van der Waals surface area contributed by atoms with Crippen LogP contribution in [0.5, 0.6) is 0 Å². The predicted molar refractivity (Wildman–Crippen MR) is 189 cm³/mol. The van der Waals surface area contributed by atoms with E-state index in [9.17, 15) is 9.59 Å². The van der Waals surface area contributed by atoms with E-state index in [0.717, 1.165) is 50.5 Å². The van der Waals surface area contributed by atoms with Gasteiger partial charge in [0, 0.05) is 40.2 Å². The summed E-state index contributed by atoms with van der Waals surface area (Å²) in [6.07, 6.45) is 7.66. The summed E-state index contributed by atoms with van der Waals surface area (Å²) in [4.78, 5) is 25.4. The first-order valence-corrected chi connectivity index (χ1v) is 15.9. The normalized spacial score (nSPS) is 11.1. The molecule has 0 atom stereocenters. The number of nitrogens with zero attached hydrogens (tertiary/aromatic N) is 1. The molecule has 0 bridgehead atoms. The van der Waals surface area contributed by atoms with Crippen molar-refractivity contribution in [2.75, 3.05) is 6.61 Å². The number of esters is 1. The Morgan fingerprint density at radius 2 is 1.52 bits per heavy atom. The van der Waals surface area contributed by atoms with Crippen molar-refractivity contribution in [2.24, 2.45) is 0 Å². The molecule has 1 N–H and O–H groups in total. The number of amides is 1. The number of unbranched alkanes of at least 4 members (excludes halogenated alkanes) is 1. The van der Waals surface area contributed by atoms with Crippen molar-refractivity contribution < 1.29 is 14.3 Å². The van der Waals surface area contributed by atoms with Crippen LogP contribution in [-0.4, -0.2) is 23.1 Å². The minimum atomic E-state index is -0.284. The van der Waals surface area contributed by atoms with Crippen molar-refractivity contribution in [3.8, 4) is 0 Å². The van der Waals surface area contributed by atoms with Crippen LogP contribution in [-0.2, 0) is 22.6 Å². The van der Waals surface area contributed by atoms with E-state index in [1.165, 1.54) is 0 Å². The number of halogens is 1. The second-order valence-electron chi connectivity index (χ2n) is 9.62. The third kappa shape index (κ3) is 9.95. The summed E-state index contributed by atoms with van der Waals surface area (Å²) in [5, 5.41) is 4.02. The number of hydrogen-bond acceptors (Lipinski definition) is 3. The summed E-state index contributed by atoms with van der Waals surface area (Å²) in [5.41, 5.74) is 6.31. The third-order valence-electron chi connectivity index (χ3n) is 6.84. The number of carbonyl (C=O) groups is 2. The Morgan fingerprint density at radius 1 is 0.886 bits per heavy atom. The van der Waals surface area contributed by atoms with Gasteiger partial charge < -0.3 is 14.6 Å². The molecule has 0 aliphatic heterocycles. The molecule has 0 saturated carbocycles. The van der Waals surface area contributed by atoms with Crippen LogP contribution in [0.3, 0.4) is 0 Å². The number of fused-ring (bicyclic) bond motifs is 1. The highest BCUT2D eigenvalue weighted by Gasteiger charge is 2.16. The van der Waals surface area contributed by atoms with Gasteiger partial charge in [-0.15, -0.1) is 13.2 Å². The lowest BCUT2D eigenvalue weighted by atomic mass is 9.96.